The van der Waals surface area contributed by atoms with Gasteiger partial charge < -0.3 is 9.84 Å². The van der Waals surface area contributed by atoms with E-state index in [1.54, 1.807) is 0 Å². The van der Waals surface area contributed by atoms with Crippen molar-refractivity contribution in [3.05, 3.63) is 12.2 Å². The van der Waals surface area contributed by atoms with E-state index in [1.807, 2.05) is 0 Å². The molecule has 0 fully saturated rings. The van der Waals surface area contributed by atoms with E-state index in [9.17, 15) is 9.59 Å². The molecule has 0 amide bonds. The third-order valence-corrected chi connectivity index (χ3v) is 2.78. The van der Waals surface area contributed by atoms with Gasteiger partial charge in [0.1, 0.15) is 6.10 Å². The normalized spacial score (nSPS) is 11.7. The van der Waals surface area contributed by atoms with Gasteiger partial charge in [-0.2, -0.15) is 0 Å². The molecule has 0 aromatic rings. The summed E-state index contributed by atoms with van der Waals surface area (Å²) in [6, 6.07) is 0. The molecule has 1 N–H and O–H groups in total. The molecule has 0 spiro atoms. The van der Waals surface area contributed by atoms with Crippen LogP contribution in [-0.4, -0.2) is 23.1 Å². The SMILES string of the molecule is CC(C)CCC(CCC(C)C)OC(=O)C=CC(=O)O. The van der Waals surface area contributed by atoms with Crippen molar-refractivity contribution in [3.63, 3.8) is 0 Å². The number of carbonyl (C=O) groups is 2. The van der Waals surface area contributed by atoms with Gasteiger partial charge in [0.2, 0.25) is 0 Å². The van der Waals surface area contributed by atoms with Crippen LogP contribution in [0, 0.1) is 11.8 Å². The molecule has 4 heteroatoms. The van der Waals surface area contributed by atoms with E-state index in [1.165, 1.54) is 0 Å². The summed E-state index contributed by atoms with van der Waals surface area (Å²) < 4.78 is 5.31. The summed E-state index contributed by atoms with van der Waals surface area (Å²) in [5.41, 5.74) is 0. The Bertz CT molecular complexity index is 293. The molecule has 0 heterocycles. The van der Waals surface area contributed by atoms with Crippen LogP contribution < -0.4 is 0 Å². The fraction of sp³-hybridized carbons (Fsp3) is 0.733. The number of aliphatic carboxylic acids is 1. The van der Waals surface area contributed by atoms with Crippen molar-refractivity contribution in [2.75, 3.05) is 0 Å². The number of carboxylic acids is 1. The van der Waals surface area contributed by atoms with Crippen LogP contribution in [0.1, 0.15) is 53.4 Å². The zero-order chi connectivity index (χ0) is 14.8. The minimum Gasteiger partial charge on any atom is -0.478 e. The summed E-state index contributed by atoms with van der Waals surface area (Å²) >= 11 is 0. The van der Waals surface area contributed by atoms with Crippen LogP contribution in [-0.2, 0) is 14.3 Å². The highest BCUT2D eigenvalue weighted by molar-refractivity contribution is 5.90. The van der Waals surface area contributed by atoms with Gasteiger partial charge in [-0.1, -0.05) is 27.7 Å². The Morgan fingerprint density at radius 1 is 0.947 bits per heavy atom. The third-order valence-electron chi connectivity index (χ3n) is 2.78. The lowest BCUT2D eigenvalue weighted by molar-refractivity contribution is -0.144. The van der Waals surface area contributed by atoms with Gasteiger partial charge in [-0.3, -0.25) is 0 Å². The quantitative estimate of drug-likeness (QED) is 0.515. The molecule has 0 atom stereocenters. The Hall–Kier alpha value is -1.32. The maximum atomic E-state index is 11.5. The highest BCUT2D eigenvalue weighted by Crippen LogP contribution is 2.17. The molecule has 0 aromatic carbocycles. The molecule has 19 heavy (non-hydrogen) atoms. The van der Waals surface area contributed by atoms with Gasteiger partial charge in [-0.15, -0.1) is 0 Å². The van der Waals surface area contributed by atoms with Crippen molar-refractivity contribution in [1.29, 1.82) is 0 Å². The van der Waals surface area contributed by atoms with Gasteiger partial charge in [0.05, 0.1) is 0 Å². The van der Waals surface area contributed by atoms with E-state index in [0.717, 1.165) is 37.8 Å². The Labute approximate surface area is 115 Å². The lowest BCUT2D eigenvalue weighted by Gasteiger charge is -2.19. The highest BCUT2D eigenvalue weighted by Gasteiger charge is 2.14. The molecule has 0 aliphatic rings. The summed E-state index contributed by atoms with van der Waals surface area (Å²) in [6.45, 7) is 8.52. The maximum absolute atomic E-state index is 11.5. The van der Waals surface area contributed by atoms with Crippen LogP contribution in [0.4, 0.5) is 0 Å². The maximum Gasteiger partial charge on any atom is 0.331 e. The smallest absolute Gasteiger partial charge is 0.331 e. The molecule has 0 saturated carbocycles. The van der Waals surface area contributed by atoms with Crippen LogP contribution in [0.3, 0.4) is 0 Å². The van der Waals surface area contributed by atoms with Crippen molar-refractivity contribution < 1.29 is 19.4 Å². The molecule has 0 bridgehead atoms. The summed E-state index contributed by atoms with van der Waals surface area (Å²) in [6.07, 6.45) is 5.33. The zero-order valence-corrected chi connectivity index (χ0v) is 12.4. The topological polar surface area (TPSA) is 63.6 Å². The first-order valence-electron chi connectivity index (χ1n) is 6.92. The number of hydrogen-bond donors (Lipinski definition) is 1. The monoisotopic (exact) mass is 270 g/mol. The first-order valence-corrected chi connectivity index (χ1v) is 6.92. The Kier molecular flexibility index (Phi) is 8.92. The van der Waals surface area contributed by atoms with Crippen LogP contribution in [0.15, 0.2) is 12.2 Å². The summed E-state index contributed by atoms with van der Waals surface area (Å²) in [5, 5.41) is 8.45. The second-order valence-corrected chi connectivity index (χ2v) is 5.67. The minimum atomic E-state index is -1.14. The van der Waals surface area contributed by atoms with Crippen molar-refractivity contribution in [2.24, 2.45) is 11.8 Å². The first kappa shape index (κ1) is 17.7. The van der Waals surface area contributed by atoms with Crippen molar-refractivity contribution in [3.8, 4) is 0 Å². The van der Waals surface area contributed by atoms with Crippen molar-refractivity contribution in [1.82, 2.24) is 0 Å². The lowest BCUT2D eigenvalue weighted by Crippen LogP contribution is -2.18. The molecule has 110 valence electrons. The number of carboxylic acid groups (broad SMARTS) is 1. The van der Waals surface area contributed by atoms with E-state index in [-0.39, 0.29) is 6.10 Å². The van der Waals surface area contributed by atoms with Crippen LogP contribution in [0.2, 0.25) is 0 Å². The fourth-order valence-electron chi connectivity index (χ4n) is 1.64. The molecule has 0 unspecified atom stereocenters. The molecule has 0 saturated heterocycles. The van der Waals surface area contributed by atoms with Crippen LogP contribution >= 0.6 is 0 Å². The van der Waals surface area contributed by atoms with Crippen LogP contribution in [0.25, 0.3) is 0 Å². The van der Waals surface area contributed by atoms with Crippen molar-refractivity contribution in [2.45, 2.75) is 59.5 Å². The zero-order valence-electron chi connectivity index (χ0n) is 12.4. The van der Waals surface area contributed by atoms with Gasteiger partial charge in [0, 0.05) is 12.2 Å². The molecular formula is C15H26O4. The number of hydrogen-bond acceptors (Lipinski definition) is 3. The largest absolute Gasteiger partial charge is 0.478 e. The van der Waals surface area contributed by atoms with E-state index < -0.39 is 11.9 Å². The standard InChI is InChI=1S/C15H26O4/c1-11(2)5-7-13(8-6-12(3)4)19-15(18)10-9-14(16)17/h9-13H,5-8H2,1-4H3,(H,16,17). The second kappa shape index (κ2) is 9.59. The third kappa shape index (κ3) is 11.5. The summed E-state index contributed by atoms with van der Waals surface area (Å²) in [4.78, 5) is 21.8. The average Bonchev–Trinajstić information content (AvgIpc) is 2.29. The minimum absolute atomic E-state index is 0.115. The van der Waals surface area contributed by atoms with Gasteiger partial charge >= 0.3 is 11.9 Å². The lowest BCUT2D eigenvalue weighted by atomic mass is 9.99. The van der Waals surface area contributed by atoms with Gasteiger partial charge in [0.25, 0.3) is 0 Å². The fourth-order valence-corrected chi connectivity index (χ4v) is 1.64. The number of ether oxygens (including phenoxy) is 1. The molecule has 0 aliphatic carbocycles. The highest BCUT2D eigenvalue weighted by atomic mass is 16.5. The molecule has 4 nitrogen and oxygen atoms in total. The van der Waals surface area contributed by atoms with E-state index >= 15 is 0 Å². The Morgan fingerprint density at radius 2 is 1.42 bits per heavy atom. The molecule has 0 aliphatic heterocycles. The molecule has 0 aromatic heterocycles. The number of carbonyl (C=O) groups excluding carboxylic acids is 1. The predicted octanol–water partition coefficient (Wildman–Crippen LogP) is 3.41. The number of rotatable bonds is 9. The first-order chi connectivity index (χ1) is 8.81. The molecule has 0 radical (unpaired) electrons. The van der Waals surface area contributed by atoms with Gasteiger partial charge in [-0.25, -0.2) is 9.59 Å². The molecule has 0 rings (SSSR count). The summed E-state index contributed by atoms with van der Waals surface area (Å²) in [5.74, 6) is -0.581. The Balaban J connectivity index is 4.30. The van der Waals surface area contributed by atoms with Gasteiger partial charge in [-0.05, 0) is 37.5 Å². The van der Waals surface area contributed by atoms with Gasteiger partial charge in [0.15, 0.2) is 0 Å². The molecular weight excluding hydrogens is 244 g/mol. The predicted molar refractivity (Wildman–Crippen MR) is 74.8 cm³/mol. The van der Waals surface area contributed by atoms with Crippen LogP contribution in [0.5, 0.6) is 0 Å². The van der Waals surface area contributed by atoms with E-state index in [4.69, 9.17) is 9.84 Å². The van der Waals surface area contributed by atoms with Crippen molar-refractivity contribution >= 4 is 11.9 Å². The second-order valence-electron chi connectivity index (χ2n) is 5.67. The average molecular weight is 270 g/mol. The number of esters is 1. The summed E-state index contributed by atoms with van der Waals surface area (Å²) in [7, 11) is 0. The Morgan fingerprint density at radius 3 is 1.79 bits per heavy atom. The van der Waals surface area contributed by atoms with E-state index in [0.29, 0.717) is 11.8 Å². The van der Waals surface area contributed by atoms with E-state index in [2.05, 4.69) is 27.7 Å².